The zero-order chi connectivity index (χ0) is 13.0. The summed E-state index contributed by atoms with van der Waals surface area (Å²) in [5, 5.41) is 10.9. The van der Waals surface area contributed by atoms with Crippen LogP contribution in [0.15, 0.2) is 39.9 Å². The zero-order valence-electron chi connectivity index (χ0n) is 9.75. The largest absolute Gasteiger partial charge is 0.495 e. The summed E-state index contributed by atoms with van der Waals surface area (Å²) < 4.78 is 18.0. The molecule has 18 heavy (non-hydrogen) atoms. The summed E-state index contributed by atoms with van der Waals surface area (Å²) >= 11 is 1.48. The van der Waals surface area contributed by atoms with Gasteiger partial charge in [0.05, 0.1) is 33.4 Å². The summed E-state index contributed by atoms with van der Waals surface area (Å²) in [6.07, 6.45) is 0. The number of methoxy groups -OCH3 is 1. The molecule has 1 atom stereocenters. The third-order valence-corrected chi connectivity index (χ3v) is 5.09. The molecule has 92 valence electrons. The minimum absolute atomic E-state index is 0.416. The molecule has 0 fully saturated rings. The van der Waals surface area contributed by atoms with E-state index in [9.17, 15) is 4.21 Å². The number of hydrogen-bond acceptors (Lipinski definition) is 4. The van der Waals surface area contributed by atoms with Gasteiger partial charge in [0.15, 0.2) is 0 Å². The van der Waals surface area contributed by atoms with E-state index in [-0.39, 0.29) is 0 Å². The molecule has 1 heterocycles. The molecule has 0 N–H and O–H groups in total. The molecule has 0 amide bonds. The van der Waals surface area contributed by atoms with Crippen LogP contribution in [0.2, 0.25) is 0 Å². The molecule has 2 rings (SSSR count). The van der Waals surface area contributed by atoms with E-state index in [0.717, 1.165) is 9.77 Å². The maximum atomic E-state index is 12.0. The summed E-state index contributed by atoms with van der Waals surface area (Å²) in [5.74, 6) is 0.960. The van der Waals surface area contributed by atoms with Gasteiger partial charge in [0, 0.05) is 0 Å². The first-order valence-corrected chi connectivity index (χ1v) is 7.43. The van der Waals surface area contributed by atoms with Crippen molar-refractivity contribution in [1.82, 2.24) is 0 Å². The van der Waals surface area contributed by atoms with Gasteiger partial charge in [-0.2, -0.15) is 5.26 Å². The fourth-order valence-corrected chi connectivity index (χ4v) is 3.62. The van der Waals surface area contributed by atoms with Crippen molar-refractivity contribution in [3.8, 4) is 11.8 Å². The van der Waals surface area contributed by atoms with Crippen molar-refractivity contribution in [1.29, 1.82) is 5.26 Å². The van der Waals surface area contributed by atoms with Gasteiger partial charge in [-0.1, -0.05) is 12.1 Å². The molecule has 0 aliphatic rings. The lowest BCUT2D eigenvalue weighted by atomic mass is 10.1. The fourth-order valence-electron chi connectivity index (χ4n) is 1.55. The first-order chi connectivity index (χ1) is 8.74. The molecular weight excluding hydrogens is 266 g/mol. The number of rotatable bonds is 4. The lowest BCUT2D eigenvalue weighted by Crippen LogP contribution is -1.96. The number of nitriles is 1. The third kappa shape index (κ3) is 2.78. The molecule has 1 unspecified atom stereocenters. The van der Waals surface area contributed by atoms with Gasteiger partial charge in [0.2, 0.25) is 0 Å². The van der Waals surface area contributed by atoms with E-state index >= 15 is 0 Å². The Morgan fingerprint density at radius 1 is 1.44 bits per heavy atom. The van der Waals surface area contributed by atoms with Gasteiger partial charge >= 0.3 is 0 Å². The van der Waals surface area contributed by atoms with Crippen LogP contribution < -0.4 is 4.74 Å². The molecule has 3 nitrogen and oxygen atoms in total. The second-order valence-corrected chi connectivity index (χ2v) is 6.19. The van der Waals surface area contributed by atoms with Crippen molar-refractivity contribution in [3.05, 3.63) is 46.8 Å². The normalized spacial score (nSPS) is 11.8. The highest BCUT2D eigenvalue weighted by Crippen LogP contribution is 2.22. The number of benzene rings is 1. The molecule has 1 aromatic carbocycles. The minimum atomic E-state index is -1.05. The van der Waals surface area contributed by atoms with E-state index in [0.29, 0.717) is 17.1 Å². The molecule has 0 spiro atoms. The molecular formula is C13H11NO2S2. The molecule has 0 saturated heterocycles. The highest BCUT2D eigenvalue weighted by molar-refractivity contribution is 7.86. The number of nitrogens with zero attached hydrogens (tertiary/aromatic N) is 1. The monoisotopic (exact) mass is 277 g/mol. The molecule has 1 aromatic heterocycles. The first kappa shape index (κ1) is 12.8. The number of thiophene rings is 1. The van der Waals surface area contributed by atoms with Crippen LogP contribution in [0.3, 0.4) is 0 Å². The Kier molecular flexibility index (Phi) is 4.13. The second-order valence-electron chi connectivity index (χ2n) is 3.57. The molecule has 0 saturated carbocycles. The van der Waals surface area contributed by atoms with Crippen LogP contribution in [0.25, 0.3) is 0 Å². The average Bonchev–Trinajstić information content (AvgIpc) is 2.92. The summed E-state index contributed by atoms with van der Waals surface area (Å²) in [4.78, 5) is 0. The van der Waals surface area contributed by atoms with Crippen molar-refractivity contribution in [2.45, 2.75) is 9.96 Å². The van der Waals surface area contributed by atoms with Gasteiger partial charge < -0.3 is 4.74 Å². The van der Waals surface area contributed by atoms with Crippen molar-refractivity contribution in [2.75, 3.05) is 7.11 Å². The van der Waals surface area contributed by atoms with E-state index in [2.05, 4.69) is 6.07 Å². The van der Waals surface area contributed by atoms with Crippen LogP contribution in [0.1, 0.15) is 11.1 Å². The predicted molar refractivity (Wildman–Crippen MR) is 72.1 cm³/mol. The van der Waals surface area contributed by atoms with Crippen LogP contribution in [-0.4, -0.2) is 11.3 Å². The van der Waals surface area contributed by atoms with E-state index in [1.165, 1.54) is 18.4 Å². The van der Waals surface area contributed by atoms with Gasteiger partial charge in [-0.25, -0.2) is 0 Å². The van der Waals surface area contributed by atoms with Crippen molar-refractivity contribution < 1.29 is 8.95 Å². The lowest BCUT2D eigenvalue weighted by Gasteiger charge is -2.05. The van der Waals surface area contributed by atoms with Crippen LogP contribution in [0, 0.1) is 11.3 Å². The van der Waals surface area contributed by atoms with Gasteiger partial charge in [0.1, 0.15) is 11.8 Å². The van der Waals surface area contributed by atoms with E-state index in [1.807, 2.05) is 23.6 Å². The average molecular weight is 277 g/mol. The van der Waals surface area contributed by atoms with Gasteiger partial charge in [-0.05, 0) is 29.1 Å². The Hall–Kier alpha value is -1.64. The third-order valence-electron chi connectivity index (χ3n) is 2.40. The van der Waals surface area contributed by atoms with Crippen molar-refractivity contribution in [3.63, 3.8) is 0 Å². The van der Waals surface area contributed by atoms with E-state index in [1.54, 1.807) is 12.1 Å². The number of ether oxygens (including phenoxy) is 1. The molecule has 2 aromatic rings. The summed E-state index contributed by atoms with van der Waals surface area (Å²) in [6, 6.07) is 11.1. The Morgan fingerprint density at radius 3 is 2.89 bits per heavy atom. The maximum Gasteiger partial charge on any atom is 0.136 e. The summed E-state index contributed by atoms with van der Waals surface area (Å²) in [5.41, 5.74) is 1.34. The molecule has 0 bridgehead atoms. The standard InChI is InChI=1S/C13H11NO2S2/c1-16-12-5-4-10(7-11(12)8-14)9-18(15)13-3-2-6-17-13/h2-7H,9H2,1H3. The van der Waals surface area contributed by atoms with Crippen LogP contribution in [-0.2, 0) is 16.6 Å². The Balaban J connectivity index is 2.20. The van der Waals surface area contributed by atoms with Gasteiger partial charge in [-0.3, -0.25) is 4.21 Å². The Morgan fingerprint density at radius 2 is 2.28 bits per heavy atom. The van der Waals surface area contributed by atoms with Crippen molar-refractivity contribution >= 4 is 22.1 Å². The SMILES string of the molecule is COc1ccc(CS(=O)c2cccs2)cc1C#N. The molecule has 0 radical (unpaired) electrons. The Labute approximate surface area is 112 Å². The lowest BCUT2D eigenvalue weighted by molar-refractivity contribution is 0.413. The Bertz CT molecular complexity index is 600. The highest BCUT2D eigenvalue weighted by atomic mass is 32.2. The van der Waals surface area contributed by atoms with Crippen molar-refractivity contribution in [2.24, 2.45) is 0 Å². The van der Waals surface area contributed by atoms with E-state index in [4.69, 9.17) is 10.00 Å². The maximum absolute atomic E-state index is 12.0. The number of hydrogen-bond donors (Lipinski definition) is 0. The molecule has 5 heteroatoms. The van der Waals surface area contributed by atoms with E-state index < -0.39 is 10.8 Å². The molecule has 0 aliphatic carbocycles. The summed E-state index contributed by atoms with van der Waals surface area (Å²) in [7, 11) is 0.474. The second kappa shape index (κ2) is 5.80. The van der Waals surface area contributed by atoms with Crippen LogP contribution in [0.5, 0.6) is 5.75 Å². The zero-order valence-corrected chi connectivity index (χ0v) is 11.4. The fraction of sp³-hybridized carbons (Fsp3) is 0.154. The topological polar surface area (TPSA) is 50.1 Å². The minimum Gasteiger partial charge on any atom is -0.495 e. The first-order valence-electron chi connectivity index (χ1n) is 5.23. The van der Waals surface area contributed by atoms with Gasteiger partial charge in [0.25, 0.3) is 0 Å². The van der Waals surface area contributed by atoms with Crippen LogP contribution >= 0.6 is 11.3 Å². The smallest absolute Gasteiger partial charge is 0.136 e. The van der Waals surface area contributed by atoms with Gasteiger partial charge in [-0.15, -0.1) is 11.3 Å². The highest BCUT2D eigenvalue weighted by Gasteiger charge is 2.09. The summed E-state index contributed by atoms with van der Waals surface area (Å²) in [6.45, 7) is 0. The molecule has 0 aliphatic heterocycles. The quantitative estimate of drug-likeness (QED) is 0.863. The van der Waals surface area contributed by atoms with Crippen LogP contribution in [0.4, 0.5) is 0 Å². The predicted octanol–water partition coefficient (Wildman–Crippen LogP) is 2.94.